The molecule has 0 bridgehead atoms. The fourth-order valence-corrected chi connectivity index (χ4v) is 3.72. The van der Waals surface area contributed by atoms with Crippen molar-refractivity contribution in [1.29, 1.82) is 5.26 Å². The number of hydrogen-bond donors (Lipinski definition) is 1. The van der Waals surface area contributed by atoms with Crippen molar-refractivity contribution in [1.82, 2.24) is 4.98 Å². The van der Waals surface area contributed by atoms with Crippen molar-refractivity contribution in [3.63, 3.8) is 0 Å². The number of unbranched alkanes of at least 4 members (excludes halogenated alkanes) is 1. The van der Waals surface area contributed by atoms with E-state index in [1.165, 1.54) is 26.0 Å². The van der Waals surface area contributed by atoms with Crippen LogP contribution < -0.4 is 14.8 Å². The van der Waals surface area contributed by atoms with Gasteiger partial charge in [0.05, 0.1) is 35.7 Å². The molecule has 0 aliphatic rings. The molecule has 1 N–H and O–H groups in total. The minimum absolute atomic E-state index is 0.251. The van der Waals surface area contributed by atoms with Gasteiger partial charge in [0.1, 0.15) is 22.6 Å². The minimum Gasteiger partial charge on any atom is -0.495 e. The summed E-state index contributed by atoms with van der Waals surface area (Å²) in [6.45, 7) is 3.88. The number of amides is 1. The summed E-state index contributed by atoms with van der Waals surface area (Å²) < 4.78 is 10.5. The second-order valence-electron chi connectivity index (χ2n) is 6.31. The van der Waals surface area contributed by atoms with E-state index >= 15 is 0 Å². The SMILES string of the molecule is CCCCc1ccc(C#N)c(SC(C)C(=O)Nc2cc(Cl)c(OC)cc2OC)n1. The van der Waals surface area contributed by atoms with Gasteiger partial charge in [-0.05, 0) is 38.0 Å². The van der Waals surface area contributed by atoms with Gasteiger partial charge in [0, 0.05) is 11.8 Å². The highest BCUT2D eigenvalue weighted by Crippen LogP contribution is 2.36. The summed E-state index contributed by atoms with van der Waals surface area (Å²) in [6.07, 6.45) is 2.93. The number of nitrogens with one attached hydrogen (secondary N) is 1. The summed E-state index contributed by atoms with van der Waals surface area (Å²) in [6, 6.07) is 8.97. The Balaban J connectivity index is 2.17. The van der Waals surface area contributed by atoms with Crippen molar-refractivity contribution in [2.45, 2.75) is 43.4 Å². The molecule has 1 amide bonds. The predicted octanol–water partition coefficient (Wildman–Crippen LogP) is 5.09. The Bertz CT molecular complexity index is 915. The van der Waals surface area contributed by atoms with Crippen LogP contribution in [0.3, 0.4) is 0 Å². The number of halogens is 1. The molecule has 0 radical (unpaired) electrons. The normalized spacial score (nSPS) is 11.4. The van der Waals surface area contributed by atoms with Crippen LogP contribution in [0.4, 0.5) is 5.69 Å². The van der Waals surface area contributed by atoms with Crippen molar-refractivity contribution in [2.75, 3.05) is 19.5 Å². The summed E-state index contributed by atoms with van der Waals surface area (Å²) >= 11 is 7.42. The summed E-state index contributed by atoms with van der Waals surface area (Å²) in [5, 5.41) is 12.6. The molecule has 0 fully saturated rings. The molecule has 0 aliphatic carbocycles. The van der Waals surface area contributed by atoms with Crippen molar-refractivity contribution in [2.24, 2.45) is 0 Å². The standard InChI is InChI=1S/C21H24ClN3O3S/c1-5-6-7-15-9-8-14(12-23)21(24-15)29-13(2)20(26)25-17-10-16(22)18(27-3)11-19(17)28-4/h8-11,13H,5-7H2,1-4H3,(H,25,26). The maximum atomic E-state index is 12.7. The number of anilines is 1. The minimum atomic E-state index is -0.485. The van der Waals surface area contributed by atoms with Gasteiger partial charge in [0.2, 0.25) is 5.91 Å². The number of benzene rings is 1. The van der Waals surface area contributed by atoms with Crippen LogP contribution in [0.1, 0.15) is 37.9 Å². The molecule has 8 heteroatoms. The number of hydrogen-bond acceptors (Lipinski definition) is 6. The van der Waals surface area contributed by atoms with Crippen molar-refractivity contribution >= 4 is 35.0 Å². The molecule has 1 aromatic heterocycles. The van der Waals surface area contributed by atoms with Crippen molar-refractivity contribution in [3.8, 4) is 17.6 Å². The van der Waals surface area contributed by atoms with Gasteiger partial charge in [-0.1, -0.05) is 36.7 Å². The zero-order valence-electron chi connectivity index (χ0n) is 16.9. The first-order valence-corrected chi connectivity index (χ1v) is 10.5. The van der Waals surface area contributed by atoms with E-state index in [0.717, 1.165) is 25.0 Å². The number of nitrogens with zero attached hydrogens (tertiary/aromatic N) is 2. The summed E-state index contributed by atoms with van der Waals surface area (Å²) in [7, 11) is 3.01. The van der Waals surface area contributed by atoms with E-state index in [-0.39, 0.29) is 5.91 Å². The molecule has 1 heterocycles. The predicted molar refractivity (Wildman–Crippen MR) is 116 cm³/mol. The van der Waals surface area contributed by atoms with E-state index in [1.54, 1.807) is 25.1 Å². The van der Waals surface area contributed by atoms with E-state index in [2.05, 4.69) is 23.3 Å². The third-order valence-electron chi connectivity index (χ3n) is 4.21. The maximum Gasteiger partial charge on any atom is 0.237 e. The van der Waals surface area contributed by atoms with Gasteiger partial charge in [-0.2, -0.15) is 5.26 Å². The van der Waals surface area contributed by atoms with E-state index in [9.17, 15) is 10.1 Å². The Morgan fingerprint density at radius 1 is 1.31 bits per heavy atom. The fraction of sp³-hybridized carbons (Fsp3) is 0.381. The quantitative estimate of drug-likeness (QED) is 0.554. The number of thioether (sulfide) groups is 1. The lowest BCUT2D eigenvalue weighted by atomic mass is 10.2. The highest BCUT2D eigenvalue weighted by atomic mass is 35.5. The molecule has 29 heavy (non-hydrogen) atoms. The molecular weight excluding hydrogens is 410 g/mol. The first kappa shape index (κ1) is 22.9. The van der Waals surface area contributed by atoms with E-state index in [0.29, 0.717) is 32.8 Å². The molecule has 2 rings (SSSR count). The summed E-state index contributed by atoms with van der Waals surface area (Å²) in [4.78, 5) is 17.3. The lowest BCUT2D eigenvalue weighted by Crippen LogP contribution is -2.23. The largest absolute Gasteiger partial charge is 0.495 e. The zero-order chi connectivity index (χ0) is 21.4. The number of rotatable bonds is 9. The lowest BCUT2D eigenvalue weighted by Gasteiger charge is -2.16. The molecule has 0 saturated heterocycles. The van der Waals surface area contributed by atoms with Crippen LogP contribution in [0, 0.1) is 11.3 Å². The summed E-state index contributed by atoms with van der Waals surface area (Å²) in [5.41, 5.74) is 1.82. The molecule has 6 nitrogen and oxygen atoms in total. The number of ether oxygens (including phenoxy) is 2. The Hall–Kier alpha value is -2.43. The molecule has 1 aromatic carbocycles. The average molecular weight is 434 g/mol. The molecule has 0 aliphatic heterocycles. The second kappa shape index (κ2) is 10.9. The van der Waals surface area contributed by atoms with Gasteiger partial charge in [0.15, 0.2) is 0 Å². The molecule has 0 spiro atoms. The van der Waals surface area contributed by atoms with Crippen LogP contribution in [-0.2, 0) is 11.2 Å². The first-order chi connectivity index (χ1) is 13.9. The number of methoxy groups -OCH3 is 2. The topological polar surface area (TPSA) is 84.2 Å². The number of aryl methyl sites for hydroxylation is 1. The Labute approximate surface area is 180 Å². The Morgan fingerprint density at radius 2 is 2.03 bits per heavy atom. The third kappa shape index (κ3) is 6.02. The van der Waals surface area contributed by atoms with Crippen LogP contribution in [0.15, 0.2) is 29.3 Å². The number of carbonyl (C=O) groups excluding carboxylic acids is 1. The van der Waals surface area contributed by atoms with Crippen LogP contribution in [0.2, 0.25) is 5.02 Å². The number of aromatic nitrogens is 1. The van der Waals surface area contributed by atoms with E-state index in [1.807, 2.05) is 6.07 Å². The van der Waals surface area contributed by atoms with Crippen LogP contribution in [0.5, 0.6) is 11.5 Å². The third-order valence-corrected chi connectivity index (χ3v) is 5.61. The van der Waals surface area contributed by atoms with Crippen LogP contribution in [0.25, 0.3) is 0 Å². The molecule has 154 valence electrons. The number of carbonyl (C=O) groups is 1. The van der Waals surface area contributed by atoms with Crippen LogP contribution in [-0.4, -0.2) is 30.4 Å². The van der Waals surface area contributed by atoms with E-state index in [4.69, 9.17) is 21.1 Å². The molecular formula is C21H24ClN3O3S. The van der Waals surface area contributed by atoms with Gasteiger partial charge < -0.3 is 14.8 Å². The van der Waals surface area contributed by atoms with Gasteiger partial charge in [-0.15, -0.1) is 0 Å². The lowest BCUT2D eigenvalue weighted by molar-refractivity contribution is -0.115. The highest BCUT2D eigenvalue weighted by molar-refractivity contribution is 8.00. The second-order valence-corrected chi connectivity index (χ2v) is 8.04. The maximum absolute atomic E-state index is 12.7. The molecule has 1 atom stereocenters. The first-order valence-electron chi connectivity index (χ1n) is 9.22. The monoisotopic (exact) mass is 433 g/mol. The van der Waals surface area contributed by atoms with Crippen molar-refractivity contribution in [3.05, 3.63) is 40.5 Å². The zero-order valence-corrected chi connectivity index (χ0v) is 18.5. The van der Waals surface area contributed by atoms with Gasteiger partial charge in [-0.25, -0.2) is 4.98 Å². The number of nitriles is 1. The fourth-order valence-electron chi connectivity index (χ4n) is 2.56. The van der Waals surface area contributed by atoms with Gasteiger partial charge >= 0.3 is 0 Å². The number of pyridine rings is 1. The Morgan fingerprint density at radius 3 is 2.66 bits per heavy atom. The average Bonchev–Trinajstić information content (AvgIpc) is 2.72. The Kier molecular flexibility index (Phi) is 8.62. The smallest absolute Gasteiger partial charge is 0.237 e. The van der Waals surface area contributed by atoms with Gasteiger partial charge in [0.25, 0.3) is 0 Å². The van der Waals surface area contributed by atoms with Crippen LogP contribution >= 0.6 is 23.4 Å². The summed E-state index contributed by atoms with van der Waals surface area (Å²) in [5.74, 6) is 0.643. The van der Waals surface area contributed by atoms with Crippen molar-refractivity contribution < 1.29 is 14.3 Å². The molecule has 0 saturated carbocycles. The highest BCUT2D eigenvalue weighted by Gasteiger charge is 2.20. The van der Waals surface area contributed by atoms with Gasteiger partial charge in [-0.3, -0.25) is 4.79 Å². The van der Waals surface area contributed by atoms with E-state index < -0.39 is 5.25 Å². The molecule has 1 unspecified atom stereocenters. The molecule has 2 aromatic rings.